The van der Waals surface area contributed by atoms with Crippen molar-refractivity contribution in [1.29, 1.82) is 0 Å². The zero-order chi connectivity index (χ0) is 14.5. The predicted octanol–water partition coefficient (Wildman–Crippen LogP) is 3.15. The fourth-order valence-corrected chi connectivity index (χ4v) is 3.01. The highest BCUT2D eigenvalue weighted by atomic mass is 16.2. The Bertz CT molecular complexity index is 459. The monoisotopic (exact) mass is 273 g/mol. The Hall–Kier alpha value is -1.64. The minimum Gasteiger partial charge on any atom is -0.342 e. The first-order valence-electron chi connectivity index (χ1n) is 7.42. The normalized spacial score (nSPS) is 22.6. The van der Waals surface area contributed by atoms with Gasteiger partial charge in [-0.1, -0.05) is 44.2 Å². The van der Waals surface area contributed by atoms with Crippen molar-refractivity contribution in [3.8, 4) is 0 Å². The molecule has 0 bridgehead atoms. The van der Waals surface area contributed by atoms with E-state index in [2.05, 4.69) is 13.8 Å². The lowest BCUT2D eigenvalue weighted by atomic mass is 9.91. The van der Waals surface area contributed by atoms with Crippen LogP contribution in [0, 0.1) is 11.8 Å². The number of carbonyl (C=O) groups is 2. The van der Waals surface area contributed by atoms with Crippen LogP contribution in [0.25, 0.3) is 0 Å². The lowest BCUT2D eigenvalue weighted by molar-refractivity contribution is -0.133. The Morgan fingerprint density at radius 2 is 1.65 bits per heavy atom. The van der Waals surface area contributed by atoms with E-state index in [0.717, 1.165) is 13.1 Å². The van der Waals surface area contributed by atoms with Crippen LogP contribution in [-0.4, -0.2) is 29.7 Å². The third-order valence-electron chi connectivity index (χ3n) is 3.88. The summed E-state index contributed by atoms with van der Waals surface area (Å²) in [5.41, 5.74) is 0.695. The van der Waals surface area contributed by atoms with Gasteiger partial charge in [0.05, 0.1) is 0 Å². The Labute approximate surface area is 121 Å². The van der Waals surface area contributed by atoms with E-state index in [1.54, 1.807) is 12.1 Å². The molecule has 20 heavy (non-hydrogen) atoms. The summed E-state index contributed by atoms with van der Waals surface area (Å²) in [6.45, 7) is 6.04. The zero-order valence-corrected chi connectivity index (χ0v) is 12.3. The predicted molar refractivity (Wildman–Crippen MR) is 79.5 cm³/mol. The maximum atomic E-state index is 12.2. The van der Waals surface area contributed by atoms with E-state index in [9.17, 15) is 9.59 Å². The molecule has 1 aromatic carbocycles. The molecule has 0 spiro atoms. The fraction of sp³-hybridized carbons (Fsp3) is 0.529. The van der Waals surface area contributed by atoms with E-state index < -0.39 is 0 Å². The van der Waals surface area contributed by atoms with Crippen molar-refractivity contribution in [3.63, 3.8) is 0 Å². The van der Waals surface area contributed by atoms with Gasteiger partial charge in [-0.2, -0.15) is 0 Å². The minimum atomic E-state index is 0.0528. The van der Waals surface area contributed by atoms with Crippen LogP contribution in [-0.2, 0) is 4.79 Å². The molecule has 1 amide bonds. The number of hydrogen-bond acceptors (Lipinski definition) is 2. The number of piperidine rings is 1. The van der Waals surface area contributed by atoms with Crippen molar-refractivity contribution in [3.05, 3.63) is 35.9 Å². The van der Waals surface area contributed by atoms with Crippen molar-refractivity contribution in [1.82, 2.24) is 4.90 Å². The molecule has 0 saturated carbocycles. The van der Waals surface area contributed by atoms with Crippen LogP contribution in [0.4, 0.5) is 0 Å². The van der Waals surface area contributed by atoms with Gasteiger partial charge in [0.1, 0.15) is 0 Å². The molecule has 1 aromatic rings. The van der Waals surface area contributed by atoms with Crippen molar-refractivity contribution in [2.75, 3.05) is 13.1 Å². The van der Waals surface area contributed by atoms with Gasteiger partial charge in [0.15, 0.2) is 5.78 Å². The second-order valence-electron chi connectivity index (χ2n) is 6.03. The molecule has 0 N–H and O–H groups in total. The summed E-state index contributed by atoms with van der Waals surface area (Å²) in [5.74, 6) is 1.30. The van der Waals surface area contributed by atoms with E-state index in [0.29, 0.717) is 30.2 Å². The summed E-state index contributed by atoms with van der Waals surface area (Å²) < 4.78 is 0. The van der Waals surface area contributed by atoms with Gasteiger partial charge >= 0.3 is 0 Å². The first-order valence-corrected chi connectivity index (χ1v) is 7.42. The number of benzene rings is 1. The number of carbonyl (C=O) groups excluding carboxylic acids is 2. The quantitative estimate of drug-likeness (QED) is 0.790. The molecule has 0 radical (unpaired) electrons. The van der Waals surface area contributed by atoms with Crippen molar-refractivity contribution >= 4 is 11.7 Å². The number of amides is 1. The van der Waals surface area contributed by atoms with Gasteiger partial charge in [-0.25, -0.2) is 0 Å². The average molecular weight is 273 g/mol. The molecule has 3 heteroatoms. The molecular formula is C17H23NO2. The molecule has 1 heterocycles. The summed E-state index contributed by atoms with van der Waals surface area (Å²) in [5, 5.41) is 0. The second-order valence-corrected chi connectivity index (χ2v) is 6.03. The van der Waals surface area contributed by atoms with Crippen LogP contribution in [0.3, 0.4) is 0 Å². The summed E-state index contributed by atoms with van der Waals surface area (Å²) in [6, 6.07) is 9.19. The van der Waals surface area contributed by atoms with Crippen molar-refractivity contribution in [2.45, 2.75) is 33.1 Å². The molecule has 0 aromatic heterocycles. The summed E-state index contributed by atoms with van der Waals surface area (Å²) >= 11 is 0. The molecule has 2 atom stereocenters. The van der Waals surface area contributed by atoms with Crippen LogP contribution < -0.4 is 0 Å². The maximum Gasteiger partial charge on any atom is 0.223 e. The first kappa shape index (κ1) is 14.8. The average Bonchev–Trinajstić information content (AvgIpc) is 2.44. The second kappa shape index (κ2) is 6.69. The Balaban J connectivity index is 1.84. The first-order chi connectivity index (χ1) is 9.56. The summed E-state index contributed by atoms with van der Waals surface area (Å²) in [7, 11) is 0. The van der Waals surface area contributed by atoms with Crippen LogP contribution >= 0.6 is 0 Å². The van der Waals surface area contributed by atoms with E-state index in [4.69, 9.17) is 0 Å². The number of likely N-dealkylation sites (tertiary alicyclic amines) is 1. The molecular weight excluding hydrogens is 250 g/mol. The molecule has 1 fully saturated rings. The van der Waals surface area contributed by atoms with E-state index in [1.165, 1.54) is 6.42 Å². The van der Waals surface area contributed by atoms with E-state index in [1.807, 2.05) is 23.1 Å². The lowest BCUT2D eigenvalue weighted by Gasteiger charge is -2.35. The standard InChI is InChI=1S/C17H23NO2/c1-13-10-14(2)12-18(11-13)17(20)9-8-16(19)15-6-4-3-5-7-15/h3-7,13-14H,8-12H2,1-2H3. The summed E-state index contributed by atoms with van der Waals surface area (Å²) in [6.07, 6.45) is 1.82. The number of Topliss-reactive ketones (excluding diaryl/α,β-unsaturated/α-hetero) is 1. The van der Waals surface area contributed by atoms with Crippen LogP contribution in [0.15, 0.2) is 30.3 Å². The van der Waals surface area contributed by atoms with Gasteiger partial charge in [0.25, 0.3) is 0 Å². The van der Waals surface area contributed by atoms with Crippen LogP contribution in [0.1, 0.15) is 43.5 Å². The molecule has 1 aliphatic rings. The summed E-state index contributed by atoms with van der Waals surface area (Å²) in [4.78, 5) is 26.1. The Kier molecular flexibility index (Phi) is 4.94. The number of ketones is 1. The Morgan fingerprint density at radius 3 is 2.25 bits per heavy atom. The number of hydrogen-bond donors (Lipinski definition) is 0. The maximum absolute atomic E-state index is 12.2. The molecule has 2 unspecified atom stereocenters. The molecule has 2 rings (SSSR count). The molecule has 108 valence electrons. The zero-order valence-electron chi connectivity index (χ0n) is 12.3. The SMILES string of the molecule is CC1CC(C)CN(C(=O)CCC(=O)c2ccccc2)C1. The van der Waals surface area contributed by atoms with Crippen molar-refractivity contribution in [2.24, 2.45) is 11.8 Å². The van der Waals surface area contributed by atoms with Gasteiger partial charge in [-0.3, -0.25) is 9.59 Å². The highest BCUT2D eigenvalue weighted by Gasteiger charge is 2.25. The highest BCUT2D eigenvalue weighted by molar-refractivity contribution is 5.97. The smallest absolute Gasteiger partial charge is 0.223 e. The van der Waals surface area contributed by atoms with Crippen LogP contribution in [0.5, 0.6) is 0 Å². The highest BCUT2D eigenvalue weighted by Crippen LogP contribution is 2.21. The van der Waals surface area contributed by atoms with Gasteiger partial charge < -0.3 is 4.90 Å². The third-order valence-corrected chi connectivity index (χ3v) is 3.88. The van der Waals surface area contributed by atoms with E-state index in [-0.39, 0.29) is 11.7 Å². The lowest BCUT2D eigenvalue weighted by Crippen LogP contribution is -2.42. The third kappa shape index (κ3) is 3.92. The Morgan fingerprint density at radius 1 is 1.05 bits per heavy atom. The van der Waals surface area contributed by atoms with Crippen molar-refractivity contribution < 1.29 is 9.59 Å². The largest absolute Gasteiger partial charge is 0.342 e. The van der Waals surface area contributed by atoms with Gasteiger partial charge in [0, 0.05) is 31.5 Å². The van der Waals surface area contributed by atoms with E-state index >= 15 is 0 Å². The fourth-order valence-electron chi connectivity index (χ4n) is 3.01. The molecule has 0 aliphatic carbocycles. The van der Waals surface area contributed by atoms with Gasteiger partial charge in [-0.05, 0) is 18.3 Å². The van der Waals surface area contributed by atoms with Gasteiger partial charge in [-0.15, -0.1) is 0 Å². The number of rotatable bonds is 4. The topological polar surface area (TPSA) is 37.4 Å². The number of nitrogens with zero attached hydrogens (tertiary/aromatic N) is 1. The molecule has 1 saturated heterocycles. The molecule has 3 nitrogen and oxygen atoms in total. The van der Waals surface area contributed by atoms with Gasteiger partial charge in [0.2, 0.25) is 5.91 Å². The van der Waals surface area contributed by atoms with Crippen LogP contribution in [0.2, 0.25) is 0 Å². The minimum absolute atomic E-state index is 0.0528. The molecule has 1 aliphatic heterocycles.